The SMILES string of the molecule is CCCCCCCCOc1cc(COc2cc(COC[C@H](Cc3ccc(CBr)cc3)[C@@H](C)OCc3cc(OCc4cc(OCCCCCCCC)cc(OCCCCCCCC)c4)cc(OCc4cc(OCCCCCCCC)cc(OCCCCCCCC)c4)c3)cc(OCc3cc(OCCCCCCCC)cc(OCCCCCCCC)c3)c2)cc(OCCCCCCCC)c1. The van der Waals surface area contributed by atoms with Gasteiger partial charge in [-0.25, -0.2) is 0 Å². The van der Waals surface area contributed by atoms with Crippen LogP contribution in [0.25, 0.3) is 0 Å². The molecule has 133 heavy (non-hydrogen) atoms. The summed E-state index contributed by atoms with van der Waals surface area (Å²) in [7, 11) is 0. The van der Waals surface area contributed by atoms with Crippen LogP contribution in [0.2, 0.25) is 0 Å². The van der Waals surface area contributed by atoms with E-state index in [1.165, 1.54) is 217 Å². The maximum atomic E-state index is 7.16. The van der Waals surface area contributed by atoms with Crippen LogP contribution in [0.5, 0.6) is 69.0 Å². The molecule has 744 valence electrons. The monoisotopic (exact) mass is 1900 g/mol. The first-order chi connectivity index (χ1) is 65.5. The lowest BCUT2D eigenvalue weighted by atomic mass is 9.95. The van der Waals surface area contributed by atoms with Crippen molar-refractivity contribution < 1.29 is 66.3 Å². The van der Waals surface area contributed by atoms with Crippen LogP contribution in [-0.4, -0.2) is 65.6 Å². The van der Waals surface area contributed by atoms with E-state index in [-0.39, 0.29) is 51.7 Å². The molecule has 7 aromatic carbocycles. The van der Waals surface area contributed by atoms with Gasteiger partial charge in [-0.1, -0.05) is 352 Å². The predicted molar refractivity (Wildman–Crippen MR) is 557 cm³/mol. The topological polar surface area (TPSA) is 129 Å². The molecule has 0 spiro atoms. The number of benzene rings is 7. The molecule has 7 aromatic rings. The van der Waals surface area contributed by atoms with Crippen LogP contribution >= 0.6 is 15.9 Å². The molecule has 0 bridgehead atoms. The van der Waals surface area contributed by atoms with E-state index < -0.39 is 0 Å². The summed E-state index contributed by atoms with van der Waals surface area (Å²) in [5, 5.41) is 0.774. The van der Waals surface area contributed by atoms with Crippen molar-refractivity contribution in [2.75, 3.05) is 59.5 Å². The molecule has 0 unspecified atom stereocenters. The van der Waals surface area contributed by atoms with Crippen molar-refractivity contribution in [1.29, 1.82) is 0 Å². The summed E-state index contributed by atoms with van der Waals surface area (Å²) in [6.07, 6.45) is 57.7. The number of hydrogen-bond donors (Lipinski definition) is 0. The van der Waals surface area contributed by atoms with Gasteiger partial charge in [-0.15, -0.1) is 0 Å². The number of halogens is 1. The summed E-state index contributed by atoms with van der Waals surface area (Å²) >= 11 is 3.71. The molecule has 0 amide bonds. The largest absolute Gasteiger partial charge is 0.493 e. The Labute approximate surface area is 817 Å². The highest BCUT2D eigenvalue weighted by Gasteiger charge is 2.22. The van der Waals surface area contributed by atoms with Crippen molar-refractivity contribution >= 4 is 15.9 Å². The first kappa shape index (κ1) is 113. The summed E-state index contributed by atoms with van der Waals surface area (Å²) in [6, 6.07) is 46.3. The Morgan fingerprint density at radius 3 is 0.586 bits per heavy atom. The molecule has 7 rings (SSSR count). The normalized spacial score (nSPS) is 11.8. The van der Waals surface area contributed by atoms with Crippen LogP contribution in [0.1, 0.15) is 415 Å². The van der Waals surface area contributed by atoms with Crippen LogP contribution in [0.4, 0.5) is 0 Å². The van der Waals surface area contributed by atoms with E-state index in [2.05, 4.69) is 187 Å². The van der Waals surface area contributed by atoms with Crippen molar-refractivity contribution in [2.24, 2.45) is 5.92 Å². The Morgan fingerprint density at radius 2 is 0.376 bits per heavy atom. The van der Waals surface area contributed by atoms with Crippen molar-refractivity contribution in [3.8, 4) is 69.0 Å². The molecular weight excluding hydrogens is 1720 g/mol. The van der Waals surface area contributed by atoms with E-state index in [1.807, 2.05) is 24.3 Å². The minimum atomic E-state index is -0.267. The van der Waals surface area contributed by atoms with Gasteiger partial charge in [0.15, 0.2) is 0 Å². The fourth-order valence-corrected chi connectivity index (χ4v) is 17.0. The lowest BCUT2D eigenvalue weighted by Gasteiger charge is -2.25. The summed E-state index contributed by atoms with van der Waals surface area (Å²) in [6.45, 7) is 27.6. The average molecular weight is 1900 g/mol. The second-order valence-electron chi connectivity index (χ2n) is 37.4. The Balaban J connectivity index is 1.19. The number of rotatable bonds is 87. The molecule has 0 heterocycles. The predicted octanol–water partition coefficient (Wildman–Crippen LogP) is 34.8. The standard InChI is InChI=1S/C118H181BrO14/c1-10-18-26-34-42-50-62-121-107-73-102(74-108(83-107)122-63-51-43-35-27-19-11-2)92-130-115-71-100(72-116(87-115)131-93-103-75-109(123-64-52-44-36-28-20-12-3)84-110(76-103)124-65-53-45-37-29-21-13-4)90-120-96-106(70-98-58-60-99(89-119)61-59-98)97(9)129-91-101-81-117(132-94-104-77-111(125-66-54-46-38-30-22-14-5)85-112(78-104)126-67-55-47-39-31-23-15-6)88-118(82-101)133-95-105-79-113(127-68-56-48-40-32-24-16-7)86-114(80-105)128-69-57-49-41-33-25-17-8/h58-61,71-88,97,106H,10-57,62-70,89-96H2,1-9H3/t97-,106+/m1/s1. The zero-order valence-corrected chi connectivity index (χ0v) is 86.5. The first-order valence-corrected chi connectivity index (χ1v) is 54.8. The minimum absolute atomic E-state index is 0.0674. The smallest absolute Gasteiger partial charge is 0.123 e. The van der Waals surface area contributed by atoms with Crippen molar-refractivity contribution in [2.45, 2.75) is 428 Å². The van der Waals surface area contributed by atoms with E-state index in [0.717, 1.165) is 194 Å². The molecule has 0 aliphatic rings. The van der Waals surface area contributed by atoms with Crippen LogP contribution in [0, 0.1) is 5.92 Å². The number of ether oxygens (including phenoxy) is 14. The van der Waals surface area contributed by atoms with Crippen LogP contribution in [-0.2, 0) is 60.9 Å². The lowest BCUT2D eigenvalue weighted by Crippen LogP contribution is -2.27. The van der Waals surface area contributed by atoms with Gasteiger partial charge < -0.3 is 66.3 Å². The highest BCUT2D eigenvalue weighted by molar-refractivity contribution is 9.08. The fraction of sp³-hybridized carbons (Fsp3) is 0.644. The van der Waals surface area contributed by atoms with Gasteiger partial charge in [0.2, 0.25) is 0 Å². The Kier molecular flexibility index (Phi) is 63.2. The number of unbranched alkanes of at least 4 members (excludes halogenated alkanes) is 40. The Morgan fingerprint density at radius 1 is 0.195 bits per heavy atom. The van der Waals surface area contributed by atoms with E-state index in [9.17, 15) is 0 Å². The highest BCUT2D eigenvalue weighted by atomic mass is 79.9. The van der Waals surface area contributed by atoms with Gasteiger partial charge in [0, 0.05) is 47.6 Å². The van der Waals surface area contributed by atoms with Gasteiger partial charge in [-0.2, -0.15) is 0 Å². The van der Waals surface area contributed by atoms with Crippen LogP contribution in [0.3, 0.4) is 0 Å². The van der Waals surface area contributed by atoms with Gasteiger partial charge in [0.05, 0.1) is 78.8 Å². The lowest BCUT2D eigenvalue weighted by molar-refractivity contribution is -0.0245. The van der Waals surface area contributed by atoms with Crippen molar-refractivity contribution in [3.63, 3.8) is 0 Å². The zero-order valence-electron chi connectivity index (χ0n) is 84.9. The van der Waals surface area contributed by atoms with E-state index in [0.29, 0.717) is 82.5 Å². The second-order valence-corrected chi connectivity index (χ2v) is 38.0. The Bertz CT molecular complexity index is 3660. The molecule has 0 saturated heterocycles. The maximum absolute atomic E-state index is 7.16. The van der Waals surface area contributed by atoms with E-state index in [1.54, 1.807) is 0 Å². The Hall–Kier alpha value is -7.46. The molecule has 0 aliphatic carbocycles. The van der Waals surface area contributed by atoms with Crippen LogP contribution < -0.4 is 56.8 Å². The molecule has 14 nitrogen and oxygen atoms in total. The highest BCUT2D eigenvalue weighted by Crippen LogP contribution is 2.35. The van der Waals surface area contributed by atoms with Gasteiger partial charge >= 0.3 is 0 Å². The number of alkyl halides is 1. The number of hydrogen-bond acceptors (Lipinski definition) is 14. The molecule has 2 atom stereocenters. The summed E-state index contributed by atoms with van der Waals surface area (Å²) < 4.78 is 94.1. The van der Waals surface area contributed by atoms with Gasteiger partial charge in [-0.05, 0) is 182 Å². The molecule has 0 fully saturated rings. The summed E-state index contributed by atoms with van der Waals surface area (Å²) in [5.74, 6) is 8.97. The third-order valence-corrected chi connectivity index (χ3v) is 25.5. The van der Waals surface area contributed by atoms with Crippen molar-refractivity contribution in [1.82, 2.24) is 0 Å². The molecule has 15 heteroatoms. The van der Waals surface area contributed by atoms with E-state index >= 15 is 0 Å². The summed E-state index contributed by atoms with van der Waals surface area (Å²) in [5.41, 5.74) is 8.10. The summed E-state index contributed by atoms with van der Waals surface area (Å²) in [4.78, 5) is 0. The van der Waals surface area contributed by atoms with E-state index in [4.69, 9.17) is 66.3 Å². The van der Waals surface area contributed by atoms with Crippen LogP contribution in [0.15, 0.2) is 133 Å². The third-order valence-electron chi connectivity index (χ3n) is 24.8. The molecule has 0 saturated carbocycles. The molecular formula is C118H181BrO14. The van der Waals surface area contributed by atoms with Gasteiger partial charge in [-0.3, -0.25) is 0 Å². The molecule has 0 N–H and O–H groups in total. The van der Waals surface area contributed by atoms with Gasteiger partial charge in [0.1, 0.15) is 95.4 Å². The molecule has 0 aromatic heterocycles. The van der Waals surface area contributed by atoms with Gasteiger partial charge in [0.25, 0.3) is 0 Å². The third kappa shape index (κ3) is 53.2. The molecule has 0 radical (unpaired) electrons. The minimum Gasteiger partial charge on any atom is -0.493 e. The first-order valence-electron chi connectivity index (χ1n) is 53.7. The second kappa shape index (κ2) is 74.7. The maximum Gasteiger partial charge on any atom is 0.123 e. The molecule has 0 aliphatic heterocycles. The van der Waals surface area contributed by atoms with Crippen molar-refractivity contribution in [3.05, 3.63) is 178 Å². The fourth-order valence-electron chi connectivity index (χ4n) is 16.6. The quantitative estimate of drug-likeness (QED) is 0.0265. The average Bonchev–Trinajstić information content (AvgIpc) is 0.844. The zero-order chi connectivity index (χ0) is 94.1.